The highest BCUT2D eigenvalue weighted by Crippen LogP contribution is 2.24. The molecule has 1 fully saturated rings. The zero-order chi connectivity index (χ0) is 16.8. The summed E-state index contributed by atoms with van der Waals surface area (Å²) < 4.78 is 5.58. The summed E-state index contributed by atoms with van der Waals surface area (Å²) in [6, 6.07) is 12.6. The van der Waals surface area contributed by atoms with Crippen LogP contribution in [0.25, 0.3) is 0 Å². The van der Waals surface area contributed by atoms with Gasteiger partial charge in [-0.3, -0.25) is 9.69 Å². The van der Waals surface area contributed by atoms with Gasteiger partial charge in [-0.1, -0.05) is 6.07 Å². The van der Waals surface area contributed by atoms with Gasteiger partial charge in [-0.05, 0) is 30.3 Å². The van der Waals surface area contributed by atoms with Crippen LogP contribution in [0.1, 0.15) is 27.7 Å². The Morgan fingerprint density at radius 1 is 1.33 bits per heavy atom. The van der Waals surface area contributed by atoms with Crippen molar-refractivity contribution < 1.29 is 9.21 Å². The fourth-order valence-electron chi connectivity index (χ4n) is 2.80. The summed E-state index contributed by atoms with van der Waals surface area (Å²) in [6.45, 7) is 2.44. The standard InChI is InChI=1S/C18H19N3O2S/c19-12-14-3-1-4-15(11-14)18(22)20-13-16(17-5-2-8-23-17)21-6-9-24-10-7-21/h1-5,8,11,16H,6-7,9-10,13H2,(H,20,22)/t16-/m0/s1. The highest BCUT2D eigenvalue weighted by molar-refractivity contribution is 7.99. The minimum atomic E-state index is -0.171. The minimum Gasteiger partial charge on any atom is -0.468 e. The number of nitrogens with one attached hydrogen (secondary N) is 1. The Hall–Kier alpha value is -2.23. The van der Waals surface area contributed by atoms with E-state index >= 15 is 0 Å². The lowest BCUT2D eigenvalue weighted by Crippen LogP contribution is -2.41. The lowest BCUT2D eigenvalue weighted by Gasteiger charge is -2.33. The minimum absolute atomic E-state index is 0.0315. The lowest BCUT2D eigenvalue weighted by atomic mass is 10.1. The Kier molecular flexibility index (Phi) is 5.57. The van der Waals surface area contributed by atoms with Crippen LogP contribution >= 0.6 is 11.8 Å². The molecule has 2 heterocycles. The van der Waals surface area contributed by atoms with Gasteiger partial charge in [-0.15, -0.1) is 0 Å². The lowest BCUT2D eigenvalue weighted by molar-refractivity contribution is 0.0929. The number of benzene rings is 1. The van der Waals surface area contributed by atoms with Gasteiger partial charge in [0, 0.05) is 36.7 Å². The Bertz CT molecular complexity index is 718. The van der Waals surface area contributed by atoms with Gasteiger partial charge in [0.15, 0.2) is 0 Å². The number of hydrogen-bond donors (Lipinski definition) is 1. The SMILES string of the molecule is N#Cc1cccc(C(=O)NC[C@@H](c2ccco2)N2CCSCC2)c1. The van der Waals surface area contributed by atoms with E-state index in [1.807, 2.05) is 23.9 Å². The second-order valence-electron chi connectivity index (χ2n) is 5.58. The van der Waals surface area contributed by atoms with Crippen molar-refractivity contribution in [1.29, 1.82) is 5.26 Å². The Balaban J connectivity index is 1.68. The van der Waals surface area contributed by atoms with Crippen LogP contribution in [0.2, 0.25) is 0 Å². The quantitative estimate of drug-likeness (QED) is 0.905. The third-order valence-corrected chi connectivity index (χ3v) is 5.01. The second kappa shape index (κ2) is 8.04. The van der Waals surface area contributed by atoms with Crippen molar-refractivity contribution in [3.05, 3.63) is 59.5 Å². The number of hydrogen-bond acceptors (Lipinski definition) is 5. The maximum absolute atomic E-state index is 12.4. The molecule has 3 rings (SSSR count). The summed E-state index contributed by atoms with van der Waals surface area (Å²) in [5.74, 6) is 2.88. The van der Waals surface area contributed by atoms with E-state index in [1.54, 1.807) is 30.5 Å². The molecule has 1 atom stereocenters. The van der Waals surface area contributed by atoms with Crippen molar-refractivity contribution in [2.75, 3.05) is 31.1 Å². The molecule has 0 radical (unpaired) electrons. The average molecular weight is 341 g/mol. The van der Waals surface area contributed by atoms with Crippen molar-refractivity contribution in [3.8, 4) is 6.07 Å². The van der Waals surface area contributed by atoms with E-state index in [0.29, 0.717) is 17.7 Å². The number of nitrogens with zero attached hydrogens (tertiary/aromatic N) is 2. The van der Waals surface area contributed by atoms with Crippen LogP contribution in [-0.2, 0) is 0 Å². The van der Waals surface area contributed by atoms with Gasteiger partial charge in [0.05, 0.1) is 23.9 Å². The van der Waals surface area contributed by atoms with Crippen LogP contribution in [0.5, 0.6) is 0 Å². The number of furan rings is 1. The molecule has 1 aromatic carbocycles. The van der Waals surface area contributed by atoms with Gasteiger partial charge in [-0.2, -0.15) is 17.0 Å². The maximum Gasteiger partial charge on any atom is 0.251 e. The van der Waals surface area contributed by atoms with Crippen molar-refractivity contribution in [2.24, 2.45) is 0 Å². The van der Waals surface area contributed by atoms with Crippen molar-refractivity contribution >= 4 is 17.7 Å². The molecule has 1 saturated heterocycles. The third kappa shape index (κ3) is 3.99. The normalized spacial score (nSPS) is 16.3. The first-order valence-corrected chi connectivity index (χ1v) is 9.07. The van der Waals surface area contributed by atoms with Crippen LogP contribution in [0.4, 0.5) is 0 Å². The molecule has 1 aliphatic heterocycles. The van der Waals surface area contributed by atoms with Gasteiger partial charge in [0.2, 0.25) is 0 Å². The number of rotatable bonds is 5. The average Bonchev–Trinajstić information content (AvgIpc) is 3.17. The van der Waals surface area contributed by atoms with Crippen LogP contribution in [0.3, 0.4) is 0 Å². The molecule has 0 aliphatic carbocycles. The number of amides is 1. The number of thioether (sulfide) groups is 1. The molecule has 1 aromatic heterocycles. The molecule has 0 unspecified atom stereocenters. The summed E-state index contributed by atoms with van der Waals surface area (Å²) in [7, 11) is 0. The van der Waals surface area contributed by atoms with Crippen LogP contribution < -0.4 is 5.32 Å². The van der Waals surface area contributed by atoms with Crippen LogP contribution in [0.15, 0.2) is 47.1 Å². The Morgan fingerprint density at radius 3 is 2.88 bits per heavy atom. The van der Waals surface area contributed by atoms with E-state index < -0.39 is 0 Å². The van der Waals surface area contributed by atoms with E-state index in [-0.39, 0.29) is 11.9 Å². The summed E-state index contributed by atoms with van der Waals surface area (Å²) in [5, 5.41) is 11.9. The van der Waals surface area contributed by atoms with Crippen molar-refractivity contribution in [2.45, 2.75) is 6.04 Å². The topological polar surface area (TPSA) is 69.3 Å². The molecule has 0 bridgehead atoms. The smallest absolute Gasteiger partial charge is 0.251 e. The molecule has 24 heavy (non-hydrogen) atoms. The second-order valence-corrected chi connectivity index (χ2v) is 6.81. The van der Waals surface area contributed by atoms with Gasteiger partial charge in [0.25, 0.3) is 5.91 Å². The predicted molar refractivity (Wildman–Crippen MR) is 93.8 cm³/mol. The molecule has 124 valence electrons. The summed E-state index contributed by atoms with van der Waals surface area (Å²) in [4.78, 5) is 14.7. The highest BCUT2D eigenvalue weighted by atomic mass is 32.2. The Morgan fingerprint density at radius 2 is 2.17 bits per heavy atom. The maximum atomic E-state index is 12.4. The van der Waals surface area contributed by atoms with E-state index in [2.05, 4.69) is 16.3 Å². The predicted octanol–water partition coefficient (Wildman–Crippen LogP) is 2.67. The summed E-state index contributed by atoms with van der Waals surface area (Å²) >= 11 is 1.95. The summed E-state index contributed by atoms with van der Waals surface area (Å²) in [5.41, 5.74) is 0.986. The van der Waals surface area contributed by atoms with Crippen LogP contribution in [-0.4, -0.2) is 41.9 Å². The summed E-state index contributed by atoms with van der Waals surface area (Å²) in [6.07, 6.45) is 1.67. The van der Waals surface area contributed by atoms with Gasteiger partial charge >= 0.3 is 0 Å². The van der Waals surface area contributed by atoms with E-state index in [1.165, 1.54) is 0 Å². The van der Waals surface area contributed by atoms with Crippen molar-refractivity contribution in [3.63, 3.8) is 0 Å². The molecule has 1 amide bonds. The number of carbonyl (C=O) groups excluding carboxylic acids is 1. The van der Waals surface area contributed by atoms with E-state index in [9.17, 15) is 4.79 Å². The number of nitriles is 1. The first kappa shape index (κ1) is 16.6. The largest absolute Gasteiger partial charge is 0.468 e. The molecule has 0 saturated carbocycles. The number of carbonyl (C=O) groups is 1. The molecule has 0 spiro atoms. The molecule has 2 aromatic rings. The van der Waals surface area contributed by atoms with E-state index in [4.69, 9.17) is 9.68 Å². The fourth-order valence-corrected chi connectivity index (χ4v) is 3.73. The van der Waals surface area contributed by atoms with E-state index in [0.717, 1.165) is 30.4 Å². The van der Waals surface area contributed by atoms with Gasteiger partial charge < -0.3 is 9.73 Å². The van der Waals surface area contributed by atoms with Crippen LogP contribution in [0, 0.1) is 11.3 Å². The highest BCUT2D eigenvalue weighted by Gasteiger charge is 2.25. The van der Waals surface area contributed by atoms with Gasteiger partial charge in [0.1, 0.15) is 5.76 Å². The molecule has 1 aliphatic rings. The molecule has 6 heteroatoms. The molecular weight excluding hydrogens is 322 g/mol. The Labute approximate surface area is 145 Å². The molecular formula is C18H19N3O2S. The van der Waals surface area contributed by atoms with Crippen molar-refractivity contribution in [1.82, 2.24) is 10.2 Å². The zero-order valence-corrected chi connectivity index (χ0v) is 14.1. The monoisotopic (exact) mass is 341 g/mol. The molecule has 5 nitrogen and oxygen atoms in total. The first-order valence-electron chi connectivity index (χ1n) is 7.91. The first-order chi connectivity index (χ1) is 11.8. The zero-order valence-electron chi connectivity index (χ0n) is 13.3. The fraction of sp³-hybridized carbons (Fsp3) is 0.333. The van der Waals surface area contributed by atoms with Gasteiger partial charge in [-0.25, -0.2) is 0 Å². The molecule has 1 N–H and O–H groups in total. The third-order valence-electron chi connectivity index (χ3n) is 4.07.